The molecule has 0 atom stereocenters. The minimum Gasteiger partial charge on any atom is -0.392 e. The Morgan fingerprint density at radius 2 is 2.00 bits per heavy atom. The summed E-state index contributed by atoms with van der Waals surface area (Å²) >= 11 is 0. The van der Waals surface area contributed by atoms with Gasteiger partial charge in [-0.3, -0.25) is 0 Å². The monoisotopic (exact) mass is 287 g/mol. The molecule has 5 nitrogen and oxygen atoms in total. The molecule has 0 amide bonds. The molecule has 108 valence electrons. The molecule has 0 aliphatic carbocycles. The lowest BCUT2D eigenvalue weighted by Crippen LogP contribution is -2.31. The van der Waals surface area contributed by atoms with Crippen molar-refractivity contribution in [2.24, 2.45) is 0 Å². The van der Waals surface area contributed by atoms with Gasteiger partial charge in [0, 0.05) is 20.2 Å². The zero-order valence-electron chi connectivity index (χ0n) is 11.4. The fourth-order valence-corrected chi connectivity index (χ4v) is 2.79. The largest absolute Gasteiger partial charge is 0.392 e. The van der Waals surface area contributed by atoms with Crippen LogP contribution in [0.5, 0.6) is 0 Å². The van der Waals surface area contributed by atoms with Gasteiger partial charge in [0.25, 0.3) is 0 Å². The maximum atomic E-state index is 12.1. The van der Waals surface area contributed by atoms with Crippen molar-refractivity contribution in [1.29, 1.82) is 0 Å². The lowest BCUT2D eigenvalue weighted by molar-refractivity contribution is 0.138. The van der Waals surface area contributed by atoms with Gasteiger partial charge in [-0.05, 0) is 18.1 Å². The van der Waals surface area contributed by atoms with E-state index in [1.54, 1.807) is 31.3 Å². The summed E-state index contributed by atoms with van der Waals surface area (Å²) in [4.78, 5) is 0. The topological polar surface area (TPSA) is 66.8 Å². The first-order valence-electron chi connectivity index (χ1n) is 6.20. The van der Waals surface area contributed by atoms with Crippen LogP contribution >= 0.6 is 0 Å². The standard InChI is InChI=1S/C13H21NO4S/c1-3-18-8-7-14(2)19(16,17)11-13-6-4-5-12(9-13)10-15/h4-6,9,15H,3,7-8,10-11H2,1-2H3. The second kappa shape index (κ2) is 7.59. The molecule has 0 aliphatic rings. The summed E-state index contributed by atoms with van der Waals surface area (Å²) in [5.74, 6) is -0.0660. The molecule has 1 aromatic carbocycles. The molecule has 0 heterocycles. The maximum Gasteiger partial charge on any atom is 0.218 e. The number of sulfonamides is 1. The first-order valence-corrected chi connectivity index (χ1v) is 7.81. The van der Waals surface area contributed by atoms with E-state index in [9.17, 15) is 8.42 Å². The molecule has 0 spiro atoms. The highest BCUT2D eigenvalue weighted by molar-refractivity contribution is 7.88. The smallest absolute Gasteiger partial charge is 0.218 e. The van der Waals surface area contributed by atoms with E-state index in [4.69, 9.17) is 9.84 Å². The van der Waals surface area contributed by atoms with E-state index in [0.29, 0.717) is 30.9 Å². The number of likely N-dealkylation sites (N-methyl/N-ethyl adjacent to an activating group) is 1. The van der Waals surface area contributed by atoms with Gasteiger partial charge in [0.15, 0.2) is 0 Å². The zero-order chi connectivity index (χ0) is 14.3. The Labute approximate surface area is 114 Å². The Morgan fingerprint density at radius 3 is 2.63 bits per heavy atom. The van der Waals surface area contributed by atoms with Crippen LogP contribution in [0, 0.1) is 0 Å². The van der Waals surface area contributed by atoms with Crippen LogP contribution in [-0.4, -0.2) is 44.6 Å². The van der Waals surface area contributed by atoms with Crippen molar-refractivity contribution in [3.8, 4) is 0 Å². The minimum absolute atomic E-state index is 0.0660. The van der Waals surface area contributed by atoms with Gasteiger partial charge in [-0.1, -0.05) is 24.3 Å². The van der Waals surface area contributed by atoms with Crippen LogP contribution in [0.1, 0.15) is 18.1 Å². The minimum atomic E-state index is -3.35. The summed E-state index contributed by atoms with van der Waals surface area (Å²) in [5.41, 5.74) is 1.39. The molecule has 0 bridgehead atoms. The molecule has 0 unspecified atom stereocenters. The van der Waals surface area contributed by atoms with Crippen molar-refractivity contribution in [2.75, 3.05) is 26.8 Å². The van der Waals surface area contributed by atoms with Gasteiger partial charge in [-0.15, -0.1) is 0 Å². The molecule has 1 aromatic rings. The Morgan fingerprint density at radius 1 is 1.32 bits per heavy atom. The molecule has 6 heteroatoms. The number of ether oxygens (including phenoxy) is 1. The highest BCUT2D eigenvalue weighted by atomic mass is 32.2. The molecule has 0 aliphatic heterocycles. The molecule has 0 aromatic heterocycles. The Hall–Kier alpha value is -0.950. The third-order valence-electron chi connectivity index (χ3n) is 2.75. The van der Waals surface area contributed by atoms with Crippen molar-refractivity contribution >= 4 is 10.0 Å². The van der Waals surface area contributed by atoms with Crippen LogP contribution in [0.3, 0.4) is 0 Å². The van der Waals surface area contributed by atoms with Gasteiger partial charge >= 0.3 is 0 Å². The number of hydrogen-bond acceptors (Lipinski definition) is 4. The SMILES string of the molecule is CCOCCN(C)S(=O)(=O)Cc1cccc(CO)c1. The van der Waals surface area contributed by atoms with E-state index in [1.165, 1.54) is 4.31 Å². The molecular weight excluding hydrogens is 266 g/mol. The van der Waals surface area contributed by atoms with Crippen molar-refractivity contribution in [3.05, 3.63) is 35.4 Å². The fraction of sp³-hybridized carbons (Fsp3) is 0.538. The number of aliphatic hydroxyl groups is 1. The van der Waals surface area contributed by atoms with E-state index in [-0.39, 0.29) is 12.4 Å². The number of benzene rings is 1. The van der Waals surface area contributed by atoms with Crippen LogP contribution in [0.4, 0.5) is 0 Å². The number of hydrogen-bond donors (Lipinski definition) is 1. The second-order valence-electron chi connectivity index (χ2n) is 4.25. The second-order valence-corrected chi connectivity index (χ2v) is 6.33. The summed E-state index contributed by atoms with van der Waals surface area (Å²) in [6, 6.07) is 6.95. The quantitative estimate of drug-likeness (QED) is 0.724. The Balaban J connectivity index is 2.67. The molecule has 1 rings (SSSR count). The highest BCUT2D eigenvalue weighted by Crippen LogP contribution is 2.11. The van der Waals surface area contributed by atoms with Crippen LogP contribution in [0.2, 0.25) is 0 Å². The average Bonchev–Trinajstić information content (AvgIpc) is 2.38. The van der Waals surface area contributed by atoms with Crippen molar-refractivity contribution in [3.63, 3.8) is 0 Å². The van der Waals surface area contributed by atoms with Crippen molar-refractivity contribution in [1.82, 2.24) is 4.31 Å². The molecule has 0 radical (unpaired) electrons. The molecular formula is C13H21NO4S. The van der Waals surface area contributed by atoms with Crippen molar-refractivity contribution < 1.29 is 18.3 Å². The van der Waals surface area contributed by atoms with Crippen molar-refractivity contribution in [2.45, 2.75) is 19.3 Å². The maximum absolute atomic E-state index is 12.1. The van der Waals surface area contributed by atoms with Gasteiger partial charge in [-0.2, -0.15) is 0 Å². The number of aliphatic hydroxyl groups excluding tert-OH is 1. The average molecular weight is 287 g/mol. The van der Waals surface area contributed by atoms with E-state index >= 15 is 0 Å². The first-order chi connectivity index (χ1) is 8.99. The van der Waals surface area contributed by atoms with Gasteiger partial charge in [-0.25, -0.2) is 12.7 Å². The summed E-state index contributed by atoms with van der Waals surface area (Å²) in [6.07, 6.45) is 0. The van der Waals surface area contributed by atoms with Gasteiger partial charge < -0.3 is 9.84 Å². The van der Waals surface area contributed by atoms with Crippen LogP contribution in [-0.2, 0) is 27.1 Å². The molecule has 0 saturated carbocycles. The molecule has 1 N–H and O–H groups in total. The normalized spacial score (nSPS) is 12.0. The zero-order valence-corrected chi connectivity index (χ0v) is 12.2. The first kappa shape index (κ1) is 16.1. The molecule has 0 fully saturated rings. The number of nitrogens with zero attached hydrogens (tertiary/aromatic N) is 1. The van der Waals surface area contributed by atoms with Gasteiger partial charge in [0.05, 0.1) is 19.0 Å². The van der Waals surface area contributed by atoms with E-state index in [0.717, 1.165) is 0 Å². The van der Waals surface area contributed by atoms with Crippen LogP contribution < -0.4 is 0 Å². The summed E-state index contributed by atoms with van der Waals surface area (Å²) in [7, 11) is -1.80. The fourth-order valence-electron chi connectivity index (χ4n) is 1.62. The summed E-state index contributed by atoms with van der Waals surface area (Å²) in [5, 5.41) is 9.04. The predicted molar refractivity (Wildman–Crippen MR) is 74.1 cm³/mol. The molecule has 19 heavy (non-hydrogen) atoms. The van der Waals surface area contributed by atoms with E-state index in [1.807, 2.05) is 6.92 Å². The van der Waals surface area contributed by atoms with Crippen LogP contribution in [0.25, 0.3) is 0 Å². The lowest BCUT2D eigenvalue weighted by atomic mass is 10.1. The van der Waals surface area contributed by atoms with Gasteiger partial charge in [0.2, 0.25) is 10.0 Å². The molecule has 0 saturated heterocycles. The van der Waals surface area contributed by atoms with Gasteiger partial charge in [0.1, 0.15) is 0 Å². The van der Waals surface area contributed by atoms with Crippen LogP contribution in [0.15, 0.2) is 24.3 Å². The Bertz CT molecular complexity index is 487. The number of rotatable bonds is 8. The van der Waals surface area contributed by atoms with E-state index in [2.05, 4.69) is 0 Å². The summed E-state index contributed by atoms with van der Waals surface area (Å²) < 4.78 is 30.6. The Kier molecular flexibility index (Phi) is 6.44. The highest BCUT2D eigenvalue weighted by Gasteiger charge is 2.18. The third kappa shape index (κ3) is 5.28. The lowest BCUT2D eigenvalue weighted by Gasteiger charge is -2.17. The third-order valence-corrected chi connectivity index (χ3v) is 4.58. The summed E-state index contributed by atoms with van der Waals surface area (Å²) in [6.45, 7) is 3.09. The predicted octanol–water partition coefficient (Wildman–Crippen LogP) is 0.977. The van der Waals surface area contributed by atoms with E-state index < -0.39 is 10.0 Å².